The van der Waals surface area contributed by atoms with Crippen molar-refractivity contribution in [3.8, 4) is 5.88 Å². The first-order chi connectivity index (χ1) is 10.4. The van der Waals surface area contributed by atoms with Crippen molar-refractivity contribution in [2.24, 2.45) is 0 Å². The molecule has 1 aromatic carbocycles. The van der Waals surface area contributed by atoms with E-state index in [1.54, 1.807) is 6.07 Å². The minimum absolute atomic E-state index is 0.00440. The number of amides is 1. The van der Waals surface area contributed by atoms with Gasteiger partial charge in [-0.25, -0.2) is 0 Å². The van der Waals surface area contributed by atoms with Crippen LogP contribution in [0.1, 0.15) is 10.4 Å². The van der Waals surface area contributed by atoms with Crippen LogP contribution in [0.15, 0.2) is 30.3 Å². The molecule has 0 bridgehead atoms. The second-order valence-electron chi connectivity index (χ2n) is 4.03. The number of nitro groups is 1. The van der Waals surface area contributed by atoms with Gasteiger partial charge in [-0.1, -0.05) is 29.3 Å². The number of nitrogens with zero attached hydrogens (tertiary/aromatic N) is 2. The lowest BCUT2D eigenvalue weighted by atomic mass is 10.2. The molecule has 0 saturated heterocycles. The number of hydrogen-bond acceptors (Lipinski definition) is 5. The van der Waals surface area contributed by atoms with Gasteiger partial charge < -0.3 is 10.1 Å². The van der Waals surface area contributed by atoms with Crippen molar-refractivity contribution in [3.05, 3.63) is 56.1 Å². The molecule has 0 saturated carbocycles. The van der Waals surface area contributed by atoms with Crippen molar-refractivity contribution < 1.29 is 14.5 Å². The fraction of sp³-hybridized carbons (Fsp3) is 0.0769. The molecule has 0 aliphatic heterocycles. The van der Waals surface area contributed by atoms with Crippen LogP contribution in [0.3, 0.4) is 0 Å². The van der Waals surface area contributed by atoms with Crippen LogP contribution >= 0.6 is 23.2 Å². The van der Waals surface area contributed by atoms with Crippen molar-refractivity contribution in [3.63, 3.8) is 0 Å². The average Bonchev–Trinajstić information content (AvgIpc) is 2.46. The third kappa shape index (κ3) is 3.26. The zero-order valence-corrected chi connectivity index (χ0v) is 12.7. The Labute approximate surface area is 135 Å². The summed E-state index contributed by atoms with van der Waals surface area (Å²) in [5.74, 6) is -0.851. The van der Waals surface area contributed by atoms with E-state index in [2.05, 4.69) is 10.3 Å². The average molecular weight is 342 g/mol. The van der Waals surface area contributed by atoms with Gasteiger partial charge in [-0.15, -0.1) is 0 Å². The number of halogens is 2. The Kier molecular flexibility index (Phi) is 4.79. The highest BCUT2D eigenvalue weighted by molar-refractivity contribution is 6.40. The van der Waals surface area contributed by atoms with E-state index in [0.29, 0.717) is 0 Å². The van der Waals surface area contributed by atoms with E-state index in [9.17, 15) is 14.9 Å². The van der Waals surface area contributed by atoms with Crippen molar-refractivity contribution in [2.75, 3.05) is 12.4 Å². The van der Waals surface area contributed by atoms with Gasteiger partial charge in [0.05, 0.1) is 27.6 Å². The normalized spacial score (nSPS) is 10.1. The smallest absolute Gasteiger partial charge is 0.312 e. The molecule has 1 heterocycles. The topological polar surface area (TPSA) is 94.4 Å². The molecular weight excluding hydrogens is 333 g/mol. The molecule has 2 aromatic rings. The molecule has 2 rings (SSSR count). The number of hydrogen-bond donors (Lipinski definition) is 1. The standard InChI is InChI=1S/C13H9Cl2N3O4/c1-22-10-6-5-9(18(20)21)12(16-10)17-13(19)11-7(14)3-2-4-8(11)15/h2-6H,1H3,(H,16,17,19). The predicted molar refractivity (Wildman–Crippen MR) is 81.9 cm³/mol. The van der Waals surface area contributed by atoms with Gasteiger partial charge in [0.25, 0.3) is 5.91 Å². The Morgan fingerprint density at radius 2 is 1.91 bits per heavy atom. The second-order valence-corrected chi connectivity index (χ2v) is 4.84. The first kappa shape index (κ1) is 16.0. The van der Waals surface area contributed by atoms with E-state index < -0.39 is 10.8 Å². The molecule has 9 heteroatoms. The van der Waals surface area contributed by atoms with Gasteiger partial charge in [0.15, 0.2) is 0 Å². The number of rotatable bonds is 4. The van der Waals surface area contributed by atoms with Crippen LogP contribution in [-0.4, -0.2) is 22.9 Å². The molecular formula is C13H9Cl2N3O4. The highest BCUT2D eigenvalue weighted by Gasteiger charge is 2.21. The SMILES string of the molecule is COc1ccc([N+](=O)[O-])c(NC(=O)c2c(Cl)cccc2Cl)n1. The monoisotopic (exact) mass is 341 g/mol. The van der Waals surface area contributed by atoms with Crippen LogP contribution in [0.2, 0.25) is 10.0 Å². The van der Waals surface area contributed by atoms with Gasteiger partial charge in [-0.05, 0) is 12.1 Å². The molecule has 1 amide bonds. The van der Waals surface area contributed by atoms with E-state index in [4.69, 9.17) is 27.9 Å². The maximum atomic E-state index is 12.2. The van der Waals surface area contributed by atoms with E-state index in [0.717, 1.165) is 0 Å². The molecule has 0 fully saturated rings. The molecule has 0 spiro atoms. The van der Waals surface area contributed by atoms with Crippen molar-refractivity contribution in [1.29, 1.82) is 0 Å². The summed E-state index contributed by atoms with van der Waals surface area (Å²) >= 11 is 11.9. The maximum absolute atomic E-state index is 12.2. The minimum atomic E-state index is -0.709. The summed E-state index contributed by atoms with van der Waals surface area (Å²) in [5.41, 5.74) is -0.373. The van der Waals surface area contributed by atoms with Gasteiger partial charge in [0.1, 0.15) is 0 Å². The first-order valence-corrected chi connectivity index (χ1v) is 6.64. The maximum Gasteiger partial charge on any atom is 0.312 e. The van der Waals surface area contributed by atoms with E-state index in [1.807, 2.05) is 0 Å². The lowest BCUT2D eigenvalue weighted by Gasteiger charge is -2.09. The van der Waals surface area contributed by atoms with Crippen molar-refractivity contribution in [2.45, 2.75) is 0 Å². The number of benzene rings is 1. The fourth-order valence-electron chi connectivity index (χ4n) is 1.67. The number of anilines is 1. The molecule has 22 heavy (non-hydrogen) atoms. The van der Waals surface area contributed by atoms with Gasteiger partial charge in [-0.3, -0.25) is 14.9 Å². The summed E-state index contributed by atoms with van der Waals surface area (Å²) in [7, 11) is 1.35. The zero-order valence-electron chi connectivity index (χ0n) is 11.2. The predicted octanol–water partition coefficient (Wildman–Crippen LogP) is 3.56. The quantitative estimate of drug-likeness (QED) is 0.677. The van der Waals surface area contributed by atoms with Crippen LogP contribution in [0.5, 0.6) is 5.88 Å². The lowest BCUT2D eigenvalue weighted by molar-refractivity contribution is -0.384. The number of methoxy groups -OCH3 is 1. The lowest BCUT2D eigenvalue weighted by Crippen LogP contribution is -2.15. The minimum Gasteiger partial charge on any atom is -0.481 e. The summed E-state index contributed by atoms with van der Waals surface area (Å²) in [6.45, 7) is 0. The van der Waals surface area contributed by atoms with E-state index in [-0.39, 0.29) is 33.0 Å². The largest absolute Gasteiger partial charge is 0.481 e. The van der Waals surface area contributed by atoms with Crippen molar-refractivity contribution >= 4 is 40.6 Å². The third-order valence-electron chi connectivity index (χ3n) is 2.68. The van der Waals surface area contributed by atoms with Crippen LogP contribution < -0.4 is 10.1 Å². The number of ether oxygens (including phenoxy) is 1. The summed E-state index contributed by atoms with van der Waals surface area (Å²) in [5, 5.41) is 13.6. The van der Waals surface area contributed by atoms with Gasteiger partial charge in [0.2, 0.25) is 11.7 Å². The Morgan fingerprint density at radius 1 is 1.27 bits per heavy atom. The number of nitrogens with one attached hydrogen (secondary N) is 1. The van der Waals surface area contributed by atoms with Crippen LogP contribution in [0.25, 0.3) is 0 Å². The van der Waals surface area contributed by atoms with Gasteiger partial charge in [-0.2, -0.15) is 4.98 Å². The van der Waals surface area contributed by atoms with Crippen LogP contribution in [-0.2, 0) is 0 Å². The number of carbonyl (C=O) groups excluding carboxylic acids is 1. The van der Waals surface area contributed by atoms with E-state index >= 15 is 0 Å². The molecule has 0 aliphatic rings. The molecule has 1 aromatic heterocycles. The number of pyridine rings is 1. The Hall–Kier alpha value is -2.38. The summed E-state index contributed by atoms with van der Waals surface area (Å²) < 4.78 is 4.89. The van der Waals surface area contributed by atoms with Crippen LogP contribution in [0, 0.1) is 10.1 Å². The highest BCUT2D eigenvalue weighted by Crippen LogP contribution is 2.28. The number of aromatic nitrogens is 1. The summed E-state index contributed by atoms with van der Waals surface area (Å²) in [4.78, 5) is 26.4. The Balaban J connectivity index is 2.41. The molecule has 0 radical (unpaired) electrons. The molecule has 7 nitrogen and oxygen atoms in total. The molecule has 0 aliphatic carbocycles. The molecule has 0 atom stereocenters. The van der Waals surface area contributed by atoms with Gasteiger partial charge >= 0.3 is 5.69 Å². The fourth-order valence-corrected chi connectivity index (χ4v) is 2.24. The van der Waals surface area contributed by atoms with E-state index in [1.165, 1.54) is 31.4 Å². The number of carbonyl (C=O) groups is 1. The highest BCUT2D eigenvalue weighted by atomic mass is 35.5. The second kappa shape index (κ2) is 6.59. The van der Waals surface area contributed by atoms with Gasteiger partial charge in [0, 0.05) is 12.1 Å². The zero-order chi connectivity index (χ0) is 16.3. The third-order valence-corrected chi connectivity index (χ3v) is 3.31. The first-order valence-electron chi connectivity index (χ1n) is 5.89. The molecule has 0 unspecified atom stereocenters. The Morgan fingerprint density at radius 3 is 2.45 bits per heavy atom. The van der Waals surface area contributed by atoms with Crippen LogP contribution in [0.4, 0.5) is 11.5 Å². The summed E-state index contributed by atoms with van der Waals surface area (Å²) in [6, 6.07) is 7.03. The molecule has 114 valence electrons. The Bertz CT molecular complexity index is 732. The van der Waals surface area contributed by atoms with Crippen molar-refractivity contribution in [1.82, 2.24) is 4.98 Å². The summed E-state index contributed by atoms with van der Waals surface area (Å²) in [6.07, 6.45) is 0. The molecule has 1 N–H and O–H groups in total.